The van der Waals surface area contributed by atoms with Gasteiger partial charge in [0.15, 0.2) is 5.82 Å². The molecule has 0 saturated heterocycles. The van der Waals surface area contributed by atoms with Crippen LogP contribution in [0.15, 0.2) is 24.3 Å². The Bertz CT molecular complexity index is 740. The number of rotatable bonds is 6. The number of hydrogen-bond donors (Lipinski definition) is 2. The largest absolute Gasteiger partial charge is 0.496 e. The lowest BCUT2D eigenvalue weighted by molar-refractivity contribution is -0.117. The van der Waals surface area contributed by atoms with E-state index in [1.54, 1.807) is 31.4 Å². The third-order valence-corrected chi connectivity index (χ3v) is 3.70. The van der Waals surface area contributed by atoms with E-state index in [0.717, 1.165) is 5.56 Å². The van der Waals surface area contributed by atoms with Crippen LogP contribution >= 0.6 is 11.6 Å². The van der Waals surface area contributed by atoms with Crippen molar-refractivity contribution in [2.75, 3.05) is 7.11 Å². The lowest BCUT2D eigenvalue weighted by Crippen LogP contribution is -2.31. The highest BCUT2D eigenvalue weighted by Gasteiger charge is 2.21. The van der Waals surface area contributed by atoms with Crippen molar-refractivity contribution >= 4 is 23.6 Å². The Hall–Kier alpha value is -2.34. The maximum Gasteiger partial charge on any atom is 0.244 e. The van der Waals surface area contributed by atoms with E-state index < -0.39 is 0 Å². The minimum Gasteiger partial charge on any atom is -0.496 e. The van der Waals surface area contributed by atoms with Gasteiger partial charge in [-0.1, -0.05) is 25.4 Å². The summed E-state index contributed by atoms with van der Waals surface area (Å²) in [7, 11) is 1.57. The molecule has 0 bridgehead atoms. The molecule has 2 aromatic rings. The Morgan fingerprint density at radius 2 is 2.17 bits per heavy atom. The summed E-state index contributed by atoms with van der Waals surface area (Å²) < 4.78 is 5.26. The second kappa shape index (κ2) is 7.97. The van der Waals surface area contributed by atoms with Crippen LogP contribution in [0.1, 0.15) is 37.1 Å². The molecule has 1 heterocycles. The third-order valence-electron chi connectivity index (χ3n) is 3.46. The van der Waals surface area contributed by atoms with Crippen LogP contribution in [-0.2, 0) is 4.79 Å². The van der Waals surface area contributed by atoms with Gasteiger partial charge in [-0.05, 0) is 37.1 Å². The zero-order valence-corrected chi connectivity index (χ0v) is 14.9. The molecule has 0 aliphatic carbocycles. The highest BCUT2D eigenvalue weighted by atomic mass is 35.5. The van der Waals surface area contributed by atoms with E-state index in [4.69, 9.17) is 16.3 Å². The summed E-state index contributed by atoms with van der Waals surface area (Å²) in [6, 6.07) is 4.96. The molecule has 0 saturated carbocycles. The number of carbonyl (C=O) groups is 1. The maximum absolute atomic E-state index is 12.3. The predicted octanol–water partition coefficient (Wildman–Crippen LogP) is 3.30. The van der Waals surface area contributed by atoms with Crippen LogP contribution < -0.4 is 10.1 Å². The first-order chi connectivity index (χ1) is 11.4. The first-order valence-corrected chi connectivity index (χ1v) is 7.99. The summed E-state index contributed by atoms with van der Waals surface area (Å²) in [5.41, 5.74) is 0.731. The number of aromatic nitrogens is 3. The molecule has 1 aromatic carbocycles. The molecule has 24 heavy (non-hydrogen) atoms. The summed E-state index contributed by atoms with van der Waals surface area (Å²) in [6.45, 7) is 5.82. The number of halogens is 1. The second-order valence-corrected chi connectivity index (χ2v) is 6.17. The highest BCUT2D eigenvalue weighted by Crippen LogP contribution is 2.24. The van der Waals surface area contributed by atoms with Crippen molar-refractivity contribution in [1.82, 2.24) is 20.5 Å². The van der Waals surface area contributed by atoms with Crippen molar-refractivity contribution in [3.8, 4) is 5.75 Å². The summed E-state index contributed by atoms with van der Waals surface area (Å²) in [4.78, 5) is 16.6. The molecule has 1 amide bonds. The summed E-state index contributed by atoms with van der Waals surface area (Å²) >= 11 is 5.99. The van der Waals surface area contributed by atoms with Gasteiger partial charge in [-0.15, -0.1) is 0 Å². The van der Waals surface area contributed by atoms with E-state index in [0.29, 0.717) is 22.4 Å². The number of aromatic amines is 1. The van der Waals surface area contributed by atoms with E-state index in [-0.39, 0.29) is 17.9 Å². The number of hydrogen-bond acceptors (Lipinski definition) is 4. The Labute approximate surface area is 146 Å². The van der Waals surface area contributed by atoms with Crippen LogP contribution in [0.25, 0.3) is 6.08 Å². The lowest BCUT2D eigenvalue weighted by atomic mass is 10.0. The average Bonchev–Trinajstić information content (AvgIpc) is 2.96. The van der Waals surface area contributed by atoms with Crippen molar-refractivity contribution in [3.63, 3.8) is 0 Å². The fraction of sp³-hybridized carbons (Fsp3) is 0.353. The number of nitrogens with zero attached hydrogens (tertiary/aromatic N) is 2. The zero-order valence-electron chi connectivity index (χ0n) is 14.1. The number of H-pyrrole nitrogens is 1. The molecule has 0 spiro atoms. The van der Waals surface area contributed by atoms with Crippen LogP contribution in [0.2, 0.25) is 5.02 Å². The monoisotopic (exact) mass is 348 g/mol. The minimum atomic E-state index is -0.270. The molecule has 0 unspecified atom stereocenters. The number of nitrogens with one attached hydrogen (secondary N) is 2. The van der Waals surface area contributed by atoms with Gasteiger partial charge in [0.05, 0.1) is 13.2 Å². The number of carbonyl (C=O) groups excluding carboxylic acids is 1. The van der Waals surface area contributed by atoms with Gasteiger partial charge in [0.1, 0.15) is 11.6 Å². The number of methoxy groups -OCH3 is 1. The molecular weight excluding hydrogens is 328 g/mol. The van der Waals surface area contributed by atoms with Gasteiger partial charge in [0, 0.05) is 16.7 Å². The summed E-state index contributed by atoms with van der Waals surface area (Å²) in [6.07, 6.45) is 3.11. The minimum absolute atomic E-state index is 0.151. The summed E-state index contributed by atoms with van der Waals surface area (Å²) in [5, 5.41) is 10.4. The molecule has 2 rings (SSSR count). The first-order valence-electron chi connectivity index (χ1n) is 7.61. The molecule has 0 radical (unpaired) electrons. The summed E-state index contributed by atoms with van der Waals surface area (Å²) in [5.74, 6) is 1.85. The van der Waals surface area contributed by atoms with Crippen molar-refractivity contribution < 1.29 is 9.53 Å². The number of ether oxygens (including phenoxy) is 1. The SMILES string of the molecule is COc1ccc(Cl)cc1/C=C/C(=O)N[C@@H](c1n[nH]c(C)n1)C(C)C. The molecule has 7 heteroatoms. The topological polar surface area (TPSA) is 79.9 Å². The molecule has 0 fully saturated rings. The van der Waals surface area contributed by atoms with Crippen LogP contribution in [0.5, 0.6) is 5.75 Å². The van der Waals surface area contributed by atoms with Crippen molar-refractivity contribution in [1.29, 1.82) is 0 Å². The Morgan fingerprint density at radius 1 is 1.42 bits per heavy atom. The molecule has 0 aliphatic heterocycles. The standard InChI is InChI=1S/C17H21ClN4O2/c1-10(2)16(17-19-11(3)21-22-17)20-15(23)8-5-12-9-13(18)6-7-14(12)24-4/h5-10,16H,1-4H3,(H,20,23)(H,19,21,22)/b8-5+/t16-/m1/s1. The molecule has 128 valence electrons. The van der Waals surface area contributed by atoms with E-state index in [2.05, 4.69) is 20.5 Å². The van der Waals surface area contributed by atoms with Gasteiger partial charge in [-0.3, -0.25) is 9.89 Å². The van der Waals surface area contributed by atoms with Crippen molar-refractivity contribution in [2.24, 2.45) is 5.92 Å². The Kier molecular flexibility index (Phi) is 5.98. The van der Waals surface area contributed by atoms with Gasteiger partial charge in [0.25, 0.3) is 0 Å². The Balaban J connectivity index is 2.12. The predicted molar refractivity (Wildman–Crippen MR) is 93.9 cm³/mol. The average molecular weight is 349 g/mol. The molecule has 1 atom stereocenters. The van der Waals surface area contributed by atoms with E-state index >= 15 is 0 Å². The smallest absolute Gasteiger partial charge is 0.244 e. The van der Waals surface area contributed by atoms with E-state index in [1.807, 2.05) is 20.8 Å². The van der Waals surface area contributed by atoms with Gasteiger partial charge >= 0.3 is 0 Å². The third kappa shape index (κ3) is 4.58. The van der Waals surface area contributed by atoms with Gasteiger partial charge in [-0.2, -0.15) is 5.10 Å². The van der Waals surface area contributed by atoms with Crippen LogP contribution in [0, 0.1) is 12.8 Å². The van der Waals surface area contributed by atoms with Crippen LogP contribution in [0.4, 0.5) is 0 Å². The second-order valence-electron chi connectivity index (χ2n) is 5.73. The Morgan fingerprint density at radius 3 is 2.75 bits per heavy atom. The fourth-order valence-electron chi connectivity index (χ4n) is 2.23. The number of aryl methyl sites for hydroxylation is 1. The normalized spacial score (nSPS) is 12.6. The molecule has 6 nitrogen and oxygen atoms in total. The van der Waals surface area contributed by atoms with Gasteiger partial charge in [0.2, 0.25) is 5.91 Å². The van der Waals surface area contributed by atoms with Crippen molar-refractivity contribution in [3.05, 3.63) is 46.5 Å². The quantitative estimate of drug-likeness (QED) is 0.785. The van der Waals surface area contributed by atoms with Gasteiger partial charge < -0.3 is 10.1 Å². The van der Waals surface area contributed by atoms with Crippen LogP contribution in [-0.4, -0.2) is 28.2 Å². The van der Waals surface area contributed by atoms with Gasteiger partial charge in [-0.25, -0.2) is 4.98 Å². The molecular formula is C17H21ClN4O2. The number of benzene rings is 1. The maximum atomic E-state index is 12.3. The molecule has 1 aromatic heterocycles. The zero-order chi connectivity index (χ0) is 17.7. The first kappa shape index (κ1) is 18.0. The molecule has 0 aliphatic rings. The van der Waals surface area contributed by atoms with E-state index in [9.17, 15) is 4.79 Å². The molecule has 2 N–H and O–H groups in total. The fourth-order valence-corrected chi connectivity index (χ4v) is 2.41. The number of amides is 1. The van der Waals surface area contributed by atoms with E-state index in [1.165, 1.54) is 6.08 Å². The lowest BCUT2D eigenvalue weighted by Gasteiger charge is -2.18. The van der Waals surface area contributed by atoms with Crippen molar-refractivity contribution in [2.45, 2.75) is 26.8 Å². The van der Waals surface area contributed by atoms with Crippen LogP contribution in [0.3, 0.4) is 0 Å². The highest BCUT2D eigenvalue weighted by molar-refractivity contribution is 6.30.